The summed E-state index contributed by atoms with van der Waals surface area (Å²) < 4.78 is 65.0. The van der Waals surface area contributed by atoms with Crippen LogP contribution in [-0.4, -0.2) is 12.7 Å². The Hall–Kier alpha value is -1.17. The van der Waals surface area contributed by atoms with Gasteiger partial charge in [-0.05, 0) is 25.1 Å². The Morgan fingerprint density at radius 2 is 1.82 bits per heavy atom. The van der Waals surface area contributed by atoms with Gasteiger partial charge in [-0.3, -0.25) is 0 Å². The third-order valence-electron chi connectivity index (χ3n) is 2.34. The Morgan fingerprint density at radius 3 is 2.29 bits per heavy atom. The molecule has 0 radical (unpaired) electrons. The first-order chi connectivity index (χ1) is 7.79. The first-order valence-corrected chi connectivity index (χ1v) is 5.03. The second kappa shape index (κ2) is 5.00. The SMILES string of the molecule is CCNC(c1c(F)ccc(C)c1F)C(F)(F)F. The third-order valence-corrected chi connectivity index (χ3v) is 2.34. The van der Waals surface area contributed by atoms with Crippen LogP contribution in [0.2, 0.25) is 0 Å². The van der Waals surface area contributed by atoms with Crippen LogP contribution in [0.3, 0.4) is 0 Å². The van der Waals surface area contributed by atoms with Crippen LogP contribution in [0, 0.1) is 18.6 Å². The van der Waals surface area contributed by atoms with Crippen molar-refractivity contribution in [2.45, 2.75) is 26.1 Å². The number of rotatable bonds is 3. The highest BCUT2D eigenvalue weighted by atomic mass is 19.4. The predicted octanol–water partition coefficient (Wildman–Crippen LogP) is 3.49. The van der Waals surface area contributed by atoms with Gasteiger partial charge in [0.1, 0.15) is 17.7 Å². The van der Waals surface area contributed by atoms with E-state index in [-0.39, 0.29) is 12.1 Å². The van der Waals surface area contributed by atoms with E-state index in [4.69, 9.17) is 0 Å². The third kappa shape index (κ3) is 2.94. The van der Waals surface area contributed by atoms with Crippen molar-refractivity contribution in [3.8, 4) is 0 Å². The second-order valence-corrected chi connectivity index (χ2v) is 3.62. The number of hydrogen-bond donors (Lipinski definition) is 1. The van der Waals surface area contributed by atoms with Crippen molar-refractivity contribution in [2.75, 3.05) is 6.54 Å². The molecule has 0 spiro atoms. The van der Waals surface area contributed by atoms with Gasteiger partial charge in [0, 0.05) is 5.56 Å². The minimum absolute atomic E-state index is 0.0199. The van der Waals surface area contributed by atoms with E-state index < -0.39 is 29.4 Å². The van der Waals surface area contributed by atoms with E-state index in [0.29, 0.717) is 0 Å². The topological polar surface area (TPSA) is 12.0 Å². The van der Waals surface area contributed by atoms with Gasteiger partial charge in [0.05, 0.1) is 0 Å². The molecular weight excluding hydrogens is 241 g/mol. The molecule has 0 fully saturated rings. The van der Waals surface area contributed by atoms with Gasteiger partial charge >= 0.3 is 6.18 Å². The molecule has 1 N–H and O–H groups in total. The van der Waals surface area contributed by atoms with E-state index in [0.717, 1.165) is 12.1 Å². The zero-order valence-electron chi connectivity index (χ0n) is 9.33. The largest absolute Gasteiger partial charge is 0.408 e. The quantitative estimate of drug-likeness (QED) is 0.813. The number of benzene rings is 1. The van der Waals surface area contributed by atoms with Crippen molar-refractivity contribution in [2.24, 2.45) is 0 Å². The normalized spacial score (nSPS) is 13.8. The van der Waals surface area contributed by atoms with Gasteiger partial charge in [0.15, 0.2) is 0 Å². The molecule has 0 saturated carbocycles. The van der Waals surface area contributed by atoms with Crippen molar-refractivity contribution in [3.63, 3.8) is 0 Å². The van der Waals surface area contributed by atoms with Crippen molar-refractivity contribution < 1.29 is 22.0 Å². The summed E-state index contributed by atoms with van der Waals surface area (Å²) in [5, 5.41) is 2.04. The van der Waals surface area contributed by atoms with Crippen LogP contribution in [0.5, 0.6) is 0 Å². The molecule has 0 bridgehead atoms. The van der Waals surface area contributed by atoms with Crippen molar-refractivity contribution >= 4 is 0 Å². The Bertz CT molecular complexity index is 400. The molecule has 1 nitrogen and oxygen atoms in total. The Morgan fingerprint density at radius 1 is 1.24 bits per heavy atom. The van der Waals surface area contributed by atoms with Crippen LogP contribution in [-0.2, 0) is 0 Å². The molecule has 0 amide bonds. The summed E-state index contributed by atoms with van der Waals surface area (Å²) in [7, 11) is 0. The summed E-state index contributed by atoms with van der Waals surface area (Å²) in [4.78, 5) is 0. The molecule has 1 aromatic carbocycles. The molecule has 0 saturated heterocycles. The molecule has 1 unspecified atom stereocenters. The van der Waals surface area contributed by atoms with Crippen LogP contribution in [0.15, 0.2) is 12.1 Å². The van der Waals surface area contributed by atoms with Crippen molar-refractivity contribution in [1.82, 2.24) is 5.32 Å². The minimum atomic E-state index is -4.74. The molecule has 0 aliphatic rings. The first-order valence-electron chi connectivity index (χ1n) is 5.03. The van der Waals surface area contributed by atoms with Crippen LogP contribution in [0.25, 0.3) is 0 Å². The summed E-state index contributed by atoms with van der Waals surface area (Å²) in [5.74, 6) is -2.36. The molecular formula is C11H12F5N. The maximum absolute atomic E-state index is 13.6. The molecule has 0 aliphatic carbocycles. The molecule has 96 valence electrons. The van der Waals surface area contributed by atoms with Gasteiger partial charge in [-0.15, -0.1) is 0 Å². The highest BCUT2D eigenvalue weighted by molar-refractivity contribution is 5.30. The highest BCUT2D eigenvalue weighted by Crippen LogP contribution is 2.35. The summed E-state index contributed by atoms with van der Waals surface area (Å²) in [6, 6.07) is -0.385. The Kier molecular flexibility index (Phi) is 4.08. The maximum Gasteiger partial charge on any atom is 0.408 e. The number of aryl methyl sites for hydroxylation is 1. The zero-order chi connectivity index (χ0) is 13.2. The lowest BCUT2D eigenvalue weighted by Gasteiger charge is -2.22. The van der Waals surface area contributed by atoms with E-state index in [1.54, 1.807) is 0 Å². The van der Waals surface area contributed by atoms with Gasteiger partial charge in [0.25, 0.3) is 0 Å². The average molecular weight is 253 g/mol. The Labute approximate surface area is 95.6 Å². The summed E-state index contributed by atoms with van der Waals surface area (Å²) in [5.41, 5.74) is -0.993. The van der Waals surface area contributed by atoms with Gasteiger partial charge in [0.2, 0.25) is 0 Å². The number of nitrogens with one attached hydrogen (secondary N) is 1. The molecule has 17 heavy (non-hydrogen) atoms. The molecule has 1 aromatic rings. The predicted molar refractivity (Wildman–Crippen MR) is 53.6 cm³/mol. The monoisotopic (exact) mass is 253 g/mol. The summed E-state index contributed by atoms with van der Waals surface area (Å²) in [6.45, 7) is 2.68. The summed E-state index contributed by atoms with van der Waals surface area (Å²) >= 11 is 0. The average Bonchev–Trinajstić information content (AvgIpc) is 2.21. The van der Waals surface area contributed by atoms with Gasteiger partial charge in [-0.25, -0.2) is 8.78 Å². The molecule has 1 atom stereocenters. The Balaban J connectivity index is 3.32. The van der Waals surface area contributed by atoms with E-state index in [9.17, 15) is 22.0 Å². The molecule has 1 rings (SSSR count). The molecule has 0 aliphatic heterocycles. The van der Waals surface area contributed by atoms with Gasteiger partial charge < -0.3 is 5.32 Å². The van der Waals surface area contributed by atoms with Crippen molar-refractivity contribution in [1.29, 1.82) is 0 Å². The van der Waals surface area contributed by atoms with Crippen LogP contribution >= 0.6 is 0 Å². The first kappa shape index (κ1) is 13.9. The smallest absolute Gasteiger partial charge is 0.303 e. The van der Waals surface area contributed by atoms with Crippen LogP contribution < -0.4 is 5.32 Å². The minimum Gasteiger partial charge on any atom is -0.303 e. The van der Waals surface area contributed by atoms with Crippen LogP contribution in [0.4, 0.5) is 22.0 Å². The lowest BCUT2D eigenvalue weighted by atomic mass is 10.0. The van der Waals surface area contributed by atoms with E-state index in [1.165, 1.54) is 13.8 Å². The van der Waals surface area contributed by atoms with E-state index in [2.05, 4.69) is 0 Å². The van der Waals surface area contributed by atoms with E-state index in [1.807, 2.05) is 5.32 Å². The number of halogens is 5. The van der Waals surface area contributed by atoms with Crippen LogP contribution in [0.1, 0.15) is 24.1 Å². The molecule has 0 aromatic heterocycles. The fraction of sp³-hybridized carbons (Fsp3) is 0.455. The highest BCUT2D eigenvalue weighted by Gasteiger charge is 2.43. The van der Waals surface area contributed by atoms with Gasteiger partial charge in [-0.1, -0.05) is 13.0 Å². The van der Waals surface area contributed by atoms with Crippen molar-refractivity contribution in [3.05, 3.63) is 34.9 Å². The lowest BCUT2D eigenvalue weighted by molar-refractivity contribution is -0.158. The number of alkyl halides is 3. The number of hydrogen-bond acceptors (Lipinski definition) is 1. The zero-order valence-corrected chi connectivity index (χ0v) is 9.33. The molecule has 6 heteroatoms. The molecule has 0 heterocycles. The standard InChI is InChI=1S/C11H12F5N/c1-3-17-10(11(14,15)16)8-7(12)5-4-6(2)9(8)13/h4-5,10,17H,3H2,1-2H3. The van der Waals surface area contributed by atoms with Gasteiger partial charge in [-0.2, -0.15) is 13.2 Å². The second-order valence-electron chi connectivity index (χ2n) is 3.62. The van der Waals surface area contributed by atoms with E-state index >= 15 is 0 Å². The fourth-order valence-electron chi connectivity index (χ4n) is 1.53. The fourth-order valence-corrected chi connectivity index (χ4v) is 1.53. The maximum atomic E-state index is 13.6. The lowest BCUT2D eigenvalue weighted by Crippen LogP contribution is -2.35. The summed E-state index contributed by atoms with van der Waals surface area (Å²) in [6.07, 6.45) is -4.74.